The molecule has 2 heterocycles. The second-order valence-corrected chi connectivity index (χ2v) is 7.86. The third-order valence-electron chi connectivity index (χ3n) is 5.57. The number of rotatable bonds is 7. The second-order valence-electron chi connectivity index (χ2n) is 7.86. The van der Waals surface area contributed by atoms with Crippen LogP contribution in [0.25, 0.3) is 10.9 Å². The topological polar surface area (TPSA) is 71.4 Å². The molecule has 2 amide bonds. The van der Waals surface area contributed by atoms with E-state index in [4.69, 9.17) is 4.74 Å². The van der Waals surface area contributed by atoms with Crippen molar-refractivity contribution in [2.24, 2.45) is 0 Å². The molecule has 0 aliphatic carbocycles. The molecule has 5 rings (SSSR count). The minimum Gasteiger partial charge on any atom is -0.457 e. The lowest BCUT2D eigenvalue weighted by molar-refractivity contribution is 0.173. The van der Waals surface area contributed by atoms with Gasteiger partial charge in [-0.3, -0.25) is 4.68 Å². The Hall–Kier alpha value is -3.84. The maximum absolute atomic E-state index is 12.4. The number of hydrogen-bond donors (Lipinski definition) is 2. The molecule has 0 spiro atoms. The van der Waals surface area contributed by atoms with E-state index in [9.17, 15) is 4.79 Å². The zero-order valence-electron chi connectivity index (χ0n) is 17.7. The molecule has 0 atom stereocenters. The van der Waals surface area contributed by atoms with Gasteiger partial charge in [0.15, 0.2) is 0 Å². The van der Waals surface area contributed by atoms with Crippen LogP contribution in [0.3, 0.4) is 0 Å². The highest BCUT2D eigenvalue weighted by Crippen LogP contribution is 2.23. The number of fused-ring (bicyclic) bond motifs is 1. The molecule has 162 valence electrons. The summed E-state index contributed by atoms with van der Waals surface area (Å²) in [7, 11) is 0. The maximum atomic E-state index is 12.4. The van der Waals surface area contributed by atoms with E-state index in [1.165, 1.54) is 19.5 Å². The summed E-state index contributed by atoms with van der Waals surface area (Å²) < 4.78 is 7.80. The van der Waals surface area contributed by atoms with Gasteiger partial charge in [-0.1, -0.05) is 18.2 Å². The fourth-order valence-electron chi connectivity index (χ4n) is 3.71. The molecule has 0 saturated carbocycles. The first-order valence-electron chi connectivity index (χ1n) is 10.8. The van der Waals surface area contributed by atoms with E-state index in [1.807, 2.05) is 83.7 Å². The van der Waals surface area contributed by atoms with Gasteiger partial charge in [0.05, 0.1) is 18.3 Å². The molecule has 0 bridgehead atoms. The number of nitrogens with one attached hydrogen (secondary N) is 2. The van der Waals surface area contributed by atoms with E-state index in [1.54, 1.807) is 0 Å². The molecule has 3 aromatic carbocycles. The number of para-hydroxylation sites is 1. The van der Waals surface area contributed by atoms with Crippen LogP contribution in [-0.4, -0.2) is 40.3 Å². The Morgan fingerprint density at radius 2 is 1.59 bits per heavy atom. The third kappa shape index (κ3) is 4.73. The van der Waals surface area contributed by atoms with Crippen LogP contribution in [0.4, 0.5) is 16.2 Å². The molecule has 32 heavy (non-hydrogen) atoms. The van der Waals surface area contributed by atoms with Crippen LogP contribution in [0.2, 0.25) is 0 Å². The summed E-state index contributed by atoms with van der Waals surface area (Å²) in [4.78, 5) is 14.9. The molecular formula is C25H25N5O2. The Morgan fingerprint density at radius 1 is 0.875 bits per heavy atom. The van der Waals surface area contributed by atoms with Crippen molar-refractivity contribution in [1.82, 2.24) is 14.7 Å². The van der Waals surface area contributed by atoms with Gasteiger partial charge in [-0.05, 0) is 74.1 Å². The molecular weight excluding hydrogens is 402 g/mol. The fourth-order valence-corrected chi connectivity index (χ4v) is 3.71. The standard InChI is InChI=1S/C25H25N5O2/c31-25(27-20-7-10-23(11-8-20)32-22-5-2-1-3-6-22)28-21-9-12-24-19(17-21)18-26-30(24)16-15-29-13-4-14-29/h1-3,5-12,17-18H,4,13-16H2,(H2,27,28,31). The van der Waals surface area contributed by atoms with Crippen molar-refractivity contribution < 1.29 is 9.53 Å². The average Bonchev–Trinajstić information content (AvgIpc) is 3.17. The summed E-state index contributed by atoms with van der Waals surface area (Å²) in [6, 6.07) is 22.4. The first-order valence-corrected chi connectivity index (χ1v) is 10.8. The molecule has 7 nitrogen and oxygen atoms in total. The number of benzene rings is 3. The Balaban J connectivity index is 1.17. The van der Waals surface area contributed by atoms with Gasteiger partial charge in [-0.15, -0.1) is 0 Å². The Kier molecular flexibility index (Phi) is 5.72. The molecule has 4 aromatic rings. The number of amides is 2. The smallest absolute Gasteiger partial charge is 0.323 e. The number of hydrogen-bond acceptors (Lipinski definition) is 4. The SMILES string of the molecule is O=C(Nc1ccc(Oc2ccccc2)cc1)Nc1ccc2c(cnn2CCN2CCC2)c1. The van der Waals surface area contributed by atoms with Gasteiger partial charge in [0.25, 0.3) is 0 Å². The minimum absolute atomic E-state index is 0.300. The van der Waals surface area contributed by atoms with Crippen LogP contribution in [0.15, 0.2) is 79.0 Å². The first kappa shape index (κ1) is 20.1. The Bertz CT molecular complexity index is 1200. The number of likely N-dealkylation sites (tertiary alicyclic amines) is 1. The lowest BCUT2D eigenvalue weighted by Crippen LogP contribution is -2.39. The molecule has 7 heteroatoms. The monoisotopic (exact) mass is 427 g/mol. The fraction of sp³-hybridized carbons (Fsp3) is 0.200. The van der Waals surface area contributed by atoms with Crippen LogP contribution in [-0.2, 0) is 6.54 Å². The lowest BCUT2D eigenvalue weighted by Gasteiger charge is -2.30. The number of carbonyl (C=O) groups excluding carboxylic acids is 1. The van der Waals surface area contributed by atoms with Gasteiger partial charge in [0, 0.05) is 23.3 Å². The summed E-state index contributed by atoms with van der Waals surface area (Å²) in [6.07, 6.45) is 3.14. The van der Waals surface area contributed by atoms with Gasteiger partial charge < -0.3 is 20.3 Å². The summed E-state index contributed by atoms with van der Waals surface area (Å²) in [5.74, 6) is 1.48. The van der Waals surface area contributed by atoms with Crippen molar-refractivity contribution in [2.75, 3.05) is 30.3 Å². The highest BCUT2D eigenvalue weighted by Gasteiger charge is 2.14. The number of ether oxygens (including phenoxy) is 1. The van der Waals surface area contributed by atoms with E-state index < -0.39 is 0 Å². The highest BCUT2D eigenvalue weighted by molar-refractivity contribution is 6.01. The van der Waals surface area contributed by atoms with Gasteiger partial charge in [-0.2, -0.15) is 5.10 Å². The zero-order valence-corrected chi connectivity index (χ0v) is 17.7. The molecule has 1 aromatic heterocycles. The van der Waals surface area contributed by atoms with Crippen molar-refractivity contribution in [3.05, 3.63) is 79.0 Å². The summed E-state index contributed by atoms with van der Waals surface area (Å²) in [5.41, 5.74) is 2.48. The molecule has 1 aliphatic heterocycles. The summed E-state index contributed by atoms with van der Waals surface area (Å²) in [6.45, 7) is 4.27. The second kappa shape index (κ2) is 9.11. The molecule has 0 radical (unpaired) electrons. The largest absolute Gasteiger partial charge is 0.457 e. The lowest BCUT2D eigenvalue weighted by atomic mass is 10.2. The molecule has 1 aliphatic rings. The maximum Gasteiger partial charge on any atom is 0.323 e. The van der Waals surface area contributed by atoms with E-state index in [0.29, 0.717) is 11.4 Å². The van der Waals surface area contributed by atoms with E-state index >= 15 is 0 Å². The van der Waals surface area contributed by atoms with E-state index in [2.05, 4.69) is 20.6 Å². The van der Waals surface area contributed by atoms with Crippen LogP contribution >= 0.6 is 0 Å². The predicted molar refractivity (Wildman–Crippen MR) is 126 cm³/mol. The normalized spacial score (nSPS) is 13.5. The van der Waals surface area contributed by atoms with Crippen LogP contribution in [0.5, 0.6) is 11.5 Å². The van der Waals surface area contributed by atoms with Crippen LogP contribution < -0.4 is 15.4 Å². The molecule has 1 fully saturated rings. The molecule has 2 N–H and O–H groups in total. The highest BCUT2D eigenvalue weighted by atomic mass is 16.5. The van der Waals surface area contributed by atoms with Gasteiger partial charge in [0.2, 0.25) is 0 Å². The quantitative estimate of drug-likeness (QED) is 0.426. The number of anilines is 2. The molecule has 1 saturated heterocycles. The number of urea groups is 1. The Labute approximate surface area is 186 Å². The molecule has 0 unspecified atom stereocenters. The Morgan fingerprint density at radius 3 is 2.34 bits per heavy atom. The van der Waals surface area contributed by atoms with Crippen LogP contribution in [0, 0.1) is 0 Å². The third-order valence-corrected chi connectivity index (χ3v) is 5.57. The number of carbonyl (C=O) groups is 1. The minimum atomic E-state index is -0.300. The summed E-state index contributed by atoms with van der Waals surface area (Å²) in [5, 5.41) is 11.2. The predicted octanol–water partition coefficient (Wildman–Crippen LogP) is 5.18. The number of aromatic nitrogens is 2. The van der Waals surface area contributed by atoms with Crippen molar-refractivity contribution in [3.63, 3.8) is 0 Å². The van der Waals surface area contributed by atoms with Gasteiger partial charge in [0.1, 0.15) is 11.5 Å². The summed E-state index contributed by atoms with van der Waals surface area (Å²) >= 11 is 0. The van der Waals surface area contributed by atoms with Crippen molar-refractivity contribution in [2.45, 2.75) is 13.0 Å². The van der Waals surface area contributed by atoms with E-state index in [0.717, 1.165) is 35.4 Å². The van der Waals surface area contributed by atoms with Crippen molar-refractivity contribution in [1.29, 1.82) is 0 Å². The van der Waals surface area contributed by atoms with Crippen molar-refractivity contribution >= 4 is 28.3 Å². The van der Waals surface area contributed by atoms with Gasteiger partial charge >= 0.3 is 6.03 Å². The van der Waals surface area contributed by atoms with E-state index in [-0.39, 0.29) is 6.03 Å². The zero-order chi connectivity index (χ0) is 21.8. The first-order chi connectivity index (χ1) is 15.7. The number of nitrogens with zero attached hydrogens (tertiary/aromatic N) is 3. The van der Waals surface area contributed by atoms with Crippen molar-refractivity contribution in [3.8, 4) is 11.5 Å². The average molecular weight is 428 g/mol. The van der Waals surface area contributed by atoms with Crippen LogP contribution in [0.1, 0.15) is 6.42 Å². The van der Waals surface area contributed by atoms with Gasteiger partial charge in [-0.25, -0.2) is 4.79 Å².